The third-order valence-electron chi connectivity index (χ3n) is 7.01. The van der Waals surface area contributed by atoms with Gasteiger partial charge < -0.3 is 86.5 Å². The number of hydrogen-bond acceptors (Lipinski definition) is 18. The Morgan fingerprint density at radius 1 is 0.789 bits per heavy atom. The Balaban J connectivity index is 1.79. The van der Waals surface area contributed by atoms with Gasteiger partial charge in [-0.05, 0) is 0 Å². The number of aliphatic hydroxyl groups is 8. The van der Waals surface area contributed by atoms with Gasteiger partial charge in [-0.1, -0.05) is 0 Å². The molecule has 18 nitrogen and oxygen atoms in total. The highest BCUT2D eigenvalue weighted by Crippen LogP contribution is 2.34. The number of carbonyl (C=O) groups excluding carboxylic acids is 1. The molecule has 0 aromatic carbocycles. The number of hydrogen-bond donors (Lipinski definition) is 11. The quantitative estimate of drug-likeness (QED) is 0.123. The Labute approximate surface area is 216 Å². The van der Waals surface area contributed by atoms with Crippen molar-refractivity contribution in [2.75, 3.05) is 26.9 Å². The summed E-state index contributed by atoms with van der Waals surface area (Å²) >= 11 is 0. The molecule has 3 saturated heterocycles. The van der Waals surface area contributed by atoms with Crippen LogP contribution in [0.4, 0.5) is 0 Å². The van der Waals surface area contributed by atoms with Gasteiger partial charge in [0, 0.05) is 0 Å². The van der Waals surface area contributed by atoms with Gasteiger partial charge in [0.2, 0.25) is 5.60 Å². The Bertz CT molecular complexity index is 795. The fraction of sp³-hybridized carbons (Fsp3) is 0.950. The van der Waals surface area contributed by atoms with E-state index in [-0.39, 0.29) is 0 Å². The molecule has 0 aromatic rings. The molecule has 0 amide bonds. The number of ether oxygens (including phenoxy) is 6. The maximum absolute atomic E-state index is 12.3. The monoisotopic (exact) mass is 559 g/mol. The number of nitrogens with two attached hydrogens (primary N) is 3. The van der Waals surface area contributed by atoms with Crippen LogP contribution in [0.15, 0.2) is 0 Å². The van der Waals surface area contributed by atoms with E-state index in [1.54, 1.807) is 0 Å². The standard InChI is InChI=1S/C20H37N3O15/c1-33-19(32)20(4-26)15(30)12(29)9(23)18(38-20)37-14-6(3-25)35-17(8(22)11(14)28)36-13-5(2-24)34-16(31)7(21)10(13)27/h5-18,24-31H,2-4,21-23H2,1H3/t5-,6-,7-,8-,9-,10-,11-,12-,13?,14?,15+,16-,17+,18+,20-/m1/s1. The SMILES string of the molecule is COC(=O)[C@]1(CO)O[C@H](OC2[C@@H](CO)O[C@@H](OC3[C@@H](CO)O[C@@H](O)[C@H](N)[C@H]3O)[C@H](N)[C@H]2O)[C@H](N)[C@@H](O)[C@@H]1O. The van der Waals surface area contributed by atoms with Gasteiger partial charge >= 0.3 is 5.97 Å². The first kappa shape index (κ1) is 31.4. The molecule has 3 fully saturated rings. The normalized spacial score (nSPS) is 50.0. The van der Waals surface area contributed by atoms with E-state index in [0.717, 1.165) is 7.11 Å². The predicted molar refractivity (Wildman–Crippen MR) is 118 cm³/mol. The van der Waals surface area contributed by atoms with Crippen LogP contribution in [-0.2, 0) is 33.2 Å². The summed E-state index contributed by atoms with van der Waals surface area (Å²) in [5.74, 6) is -1.24. The highest BCUT2D eigenvalue weighted by atomic mass is 16.7. The lowest BCUT2D eigenvalue weighted by atomic mass is 9.86. The molecule has 38 heavy (non-hydrogen) atoms. The molecular weight excluding hydrogens is 522 g/mol. The fourth-order valence-electron chi connectivity index (χ4n) is 4.62. The molecule has 0 spiro atoms. The van der Waals surface area contributed by atoms with Crippen molar-refractivity contribution >= 4 is 5.97 Å². The van der Waals surface area contributed by atoms with Gasteiger partial charge in [-0.2, -0.15) is 0 Å². The summed E-state index contributed by atoms with van der Waals surface area (Å²) in [5, 5.41) is 81.2. The minimum atomic E-state index is -2.49. The van der Waals surface area contributed by atoms with Gasteiger partial charge in [0.05, 0.1) is 45.1 Å². The third kappa shape index (κ3) is 5.54. The molecule has 0 radical (unpaired) electrons. The van der Waals surface area contributed by atoms with E-state index in [4.69, 9.17) is 40.9 Å². The topological polar surface area (TPSA) is 312 Å². The largest absolute Gasteiger partial charge is 0.467 e. The molecule has 0 bridgehead atoms. The van der Waals surface area contributed by atoms with Crippen molar-refractivity contribution < 1.29 is 74.1 Å². The molecule has 222 valence electrons. The Morgan fingerprint density at radius 3 is 1.82 bits per heavy atom. The molecule has 3 aliphatic rings. The molecule has 2 unspecified atom stereocenters. The van der Waals surface area contributed by atoms with Gasteiger partial charge in [0.25, 0.3) is 0 Å². The number of carbonyl (C=O) groups is 1. The zero-order chi connectivity index (χ0) is 28.5. The molecule has 0 aromatic heterocycles. The Hall–Kier alpha value is -1.17. The van der Waals surface area contributed by atoms with Gasteiger partial charge in [0.1, 0.15) is 48.8 Å². The molecule has 0 saturated carbocycles. The van der Waals surface area contributed by atoms with Crippen molar-refractivity contribution in [3.63, 3.8) is 0 Å². The number of methoxy groups -OCH3 is 1. The van der Waals surface area contributed by atoms with Gasteiger partial charge in [0.15, 0.2) is 18.9 Å². The zero-order valence-corrected chi connectivity index (χ0v) is 20.4. The van der Waals surface area contributed by atoms with E-state index >= 15 is 0 Å². The molecule has 15 atom stereocenters. The Morgan fingerprint density at radius 2 is 1.29 bits per heavy atom. The lowest BCUT2D eigenvalue weighted by Gasteiger charge is -2.50. The van der Waals surface area contributed by atoms with Crippen LogP contribution in [0, 0.1) is 0 Å². The molecule has 0 aliphatic carbocycles. The van der Waals surface area contributed by atoms with Crippen LogP contribution in [-0.4, -0.2) is 165 Å². The van der Waals surface area contributed by atoms with E-state index < -0.39 is 117 Å². The Kier molecular flexibility index (Phi) is 10.4. The number of esters is 1. The molecule has 14 N–H and O–H groups in total. The summed E-state index contributed by atoms with van der Waals surface area (Å²) in [6.45, 7) is -2.63. The van der Waals surface area contributed by atoms with Crippen molar-refractivity contribution in [1.29, 1.82) is 0 Å². The predicted octanol–water partition coefficient (Wildman–Crippen LogP) is -8.13. The first-order valence-electron chi connectivity index (χ1n) is 11.8. The maximum Gasteiger partial charge on any atom is 0.343 e. The lowest BCUT2D eigenvalue weighted by molar-refractivity contribution is -0.357. The smallest absolute Gasteiger partial charge is 0.343 e. The van der Waals surface area contributed by atoms with E-state index in [0.29, 0.717) is 0 Å². The highest BCUT2D eigenvalue weighted by Gasteiger charge is 2.60. The summed E-state index contributed by atoms with van der Waals surface area (Å²) in [7, 11) is 0.954. The minimum Gasteiger partial charge on any atom is -0.467 e. The average molecular weight is 560 g/mol. The lowest BCUT2D eigenvalue weighted by Crippen LogP contribution is -2.73. The molecule has 3 rings (SSSR count). The van der Waals surface area contributed by atoms with E-state index in [2.05, 4.69) is 4.74 Å². The van der Waals surface area contributed by atoms with Crippen molar-refractivity contribution in [1.82, 2.24) is 0 Å². The second kappa shape index (κ2) is 12.6. The third-order valence-corrected chi connectivity index (χ3v) is 7.01. The summed E-state index contributed by atoms with van der Waals surface area (Å²) in [6, 6.07) is -4.26. The van der Waals surface area contributed by atoms with Crippen LogP contribution in [0.25, 0.3) is 0 Å². The van der Waals surface area contributed by atoms with Crippen LogP contribution in [0.1, 0.15) is 0 Å². The van der Waals surface area contributed by atoms with Crippen LogP contribution >= 0.6 is 0 Å². The van der Waals surface area contributed by atoms with Crippen molar-refractivity contribution in [3.05, 3.63) is 0 Å². The van der Waals surface area contributed by atoms with Crippen molar-refractivity contribution in [2.45, 2.75) is 91.4 Å². The van der Waals surface area contributed by atoms with E-state index in [1.165, 1.54) is 0 Å². The zero-order valence-electron chi connectivity index (χ0n) is 20.4. The van der Waals surface area contributed by atoms with Crippen LogP contribution < -0.4 is 17.2 Å². The van der Waals surface area contributed by atoms with Gasteiger partial charge in [-0.15, -0.1) is 0 Å². The molecular formula is C20H37N3O15. The second-order valence-electron chi connectivity index (χ2n) is 9.35. The maximum atomic E-state index is 12.3. The minimum absolute atomic E-state index is 0.691. The molecule has 3 aliphatic heterocycles. The number of rotatable bonds is 8. The van der Waals surface area contributed by atoms with Gasteiger partial charge in [-0.25, -0.2) is 4.79 Å². The summed E-state index contributed by atoms with van der Waals surface area (Å²) in [6.07, 6.45) is -17.5. The number of aliphatic hydroxyl groups excluding tert-OH is 8. The summed E-state index contributed by atoms with van der Waals surface area (Å²) < 4.78 is 32.1. The summed E-state index contributed by atoms with van der Waals surface area (Å²) in [4.78, 5) is 12.3. The van der Waals surface area contributed by atoms with Gasteiger partial charge in [-0.3, -0.25) is 0 Å². The highest BCUT2D eigenvalue weighted by molar-refractivity contribution is 5.81. The summed E-state index contributed by atoms with van der Waals surface area (Å²) in [5.41, 5.74) is 15.2. The fourth-order valence-corrected chi connectivity index (χ4v) is 4.62. The molecule has 18 heteroatoms. The average Bonchev–Trinajstić information content (AvgIpc) is 2.92. The first-order chi connectivity index (χ1) is 17.9. The van der Waals surface area contributed by atoms with Crippen LogP contribution in [0.5, 0.6) is 0 Å². The van der Waals surface area contributed by atoms with Crippen molar-refractivity contribution in [3.8, 4) is 0 Å². The van der Waals surface area contributed by atoms with Crippen LogP contribution in [0.2, 0.25) is 0 Å². The van der Waals surface area contributed by atoms with E-state index in [1.807, 2.05) is 0 Å². The second-order valence-corrected chi connectivity index (χ2v) is 9.35. The van der Waals surface area contributed by atoms with Crippen molar-refractivity contribution in [2.24, 2.45) is 17.2 Å². The first-order valence-corrected chi connectivity index (χ1v) is 11.8. The van der Waals surface area contributed by atoms with Crippen LogP contribution in [0.3, 0.4) is 0 Å². The van der Waals surface area contributed by atoms with E-state index in [9.17, 15) is 45.6 Å². The molecule has 3 heterocycles.